The largest absolute Gasteiger partial charge is 0.491 e. The van der Waals surface area contributed by atoms with E-state index < -0.39 is 12.0 Å². The molecule has 1 heterocycles. The Bertz CT molecular complexity index is 832. The monoisotopic (exact) mass is 367 g/mol. The lowest BCUT2D eigenvalue weighted by Crippen LogP contribution is -2.35. The molecule has 0 fully saturated rings. The van der Waals surface area contributed by atoms with Crippen LogP contribution in [0.3, 0.4) is 0 Å². The van der Waals surface area contributed by atoms with Gasteiger partial charge in [0, 0.05) is 12.1 Å². The molecule has 27 heavy (non-hydrogen) atoms. The number of carbonyl (C=O) groups excluding carboxylic acids is 1. The number of nitrogens with one attached hydrogen (secondary N) is 1. The van der Waals surface area contributed by atoms with Crippen molar-refractivity contribution in [1.29, 1.82) is 0 Å². The topological polar surface area (TPSA) is 80.9 Å². The van der Waals surface area contributed by atoms with Crippen LogP contribution >= 0.6 is 0 Å². The van der Waals surface area contributed by atoms with Crippen LogP contribution in [0.15, 0.2) is 77.4 Å². The highest BCUT2D eigenvalue weighted by molar-refractivity contribution is 5.92. The molecule has 3 aromatic rings. The minimum atomic E-state index is -0.840. The second-order valence-corrected chi connectivity index (χ2v) is 5.86. The molecule has 1 amide bonds. The highest BCUT2D eigenvalue weighted by atomic mass is 16.5. The minimum Gasteiger partial charge on any atom is -0.491 e. The van der Waals surface area contributed by atoms with Gasteiger partial charge in [-0.1, -0.05) is 36.4 Å². The fraction of sp³-hybridized carbons (Fsp3) is 0.190. The molecular formula is C21H21NO5. The summed E-state index contributed by atoms with van der Waals surface area (Å²) in [5, 5.41) is 12.6. The Morgan fingerprint density at radius 2 is 1.59 bits per heavy atom. The number of furan rings is 1. The Hall–Kier alpha value is -3.25. The first-order chi connectivity index (χ1) is 13.2. The van der Waals surface area contributed by atoms with Gasteiger partial charge in [-0.15, -0.1) is 0 Å². The van der Waals surface area contributed by atoms with Gasteiger partial charge in [0.05, 0.1) is 6.26 Å². The fourth-order valence-corrected chi connectivity index (χ4v) is 2.39. The minimum absolute atomic E-state index is 0.0470. The molecule has 0 saturated heterocycles. The summed E-state index contributed by atoms with van der Waals surface area (Å²) in [5.41, 5.74) is 0.631. The average molecular weight is 367 g/mol. The zero-order chi connectivity index (χ0) is 18.9. The van der Waals surface area contributed by atoms with E-state index in [0.717, 1.165) is 0 Å². The average Bonchev–Trinajstić information content (AvgIpc) is 3.19. The zero-order valence-electron chi connectivity index (χ0n) is 14.7. The number of ether oxygens (including phenoxy) is 2. The van der Waals surface area contributed by atoms with Crippen LogP contribution in [0.4, 0.5) is 0 Å². The molecule has 6 heteroatoms. The second-order valence-electron chi connectivity index (χ2n) is 5.86. The molecule has 2 N–H and O–H groups in total. The molecular weight excluding hydrogens is 346 g/mol. The number of hydrogen-bond acceptors (Lipinski definition) is 5. The summed E-state index contributed by atoms with van der Waals surface area (Å²) in [6, 6.07) is 20.2. The van der Waals surface area contributed by atoms with Gasteiger partial charge in [0.15, 0.2) is 5.76 Å². The first kappa shape index (κ1) is 18.5. The third-order valence-electron chi connectivity index (χ3n) is 3.77. The maximum atomic E-state index is 12.3. The predicted octanol–water partition coefficient (Wildman–Crippen LogP) is 3.03. The van der Waals surface area contributed by atoms with Gasteiger partial charge in [0.25, 0.3) is 5.91 Å². The van der Waals surface area contributed by atoms with Gasteiger partial charge >= 0.3 is 0 Å². The van der Waals surface area contributed by atoms with Crippen molar-refractivity contribution in [3.63, 3.8) is 0 Å². The summed E-state index contributed by atoms with van der Waals surface area (Å²) in [4.78, 5) is 12.3. The third-order valence-corrected chi connectivity index (χ3v) is 3.77. The smallest absolute Gasteiger partial charge is 0.287 e. The lowest BCUT2D eigenvalue weighted by Gasteiger charge is -2.13. The standard InChI is InChI=1S/C21H21NO5/c23-17(15-27-19-9-5-2-6-10-19)13-22-21(24)20-16(11-12-25-20)14-26-18-7-3-1-4-8-18/h1-12,17,23H,13-15H2,(H,22,24)/t17-/m1/s1. The molecule has 6 nitrogen and oxygen atoms in total. The molecule has 0 aliphatic heterocycles. The van der Waals surface area contributed by atoms with E-state index in [1.165, 1.54) is 6.26 Å². The van der Waals surface area contributed by atoms with Crippen molar-refractivity contribution in [1.82, 2.24) is 5.32 Å². The Kier molecular flexibility index (Phi) is 6.49. The summed E-state index contributed by atoms with van der Waals surface area (Å²) in [5.74, 6) is 1.13. The maximum absolute atomic E-state index is 12.3. The lowest BCUT2D eigenvalue weighted by molar-refractivity contribution is 0.0819. The van der Waals surface area contributed by atoms with Crippen LogP contribution in [0.1, 0.15) is 16.1 Å². The maximum Gasteiger partial charge on any atom is 0.287 e. The number of carbonyl (C=O) groups is 1. The number of amides is 1. The van der Waals surface area contributed by atoms with Gasteiger partial charge in [-0.3, -0.25) is 4.79 Å². The molecule has 0 unspecified atom stereocenters. The van der Waals surface area contributed by atoms with Crippen LogP contribution in [0.25, 0.3) is 0 Å². The molecule has 0 saturated carbocycles. The summed E-state index contributed by atoms with van der Waals surface area (Å²) in [6.45, 7) is 0.334. The van der Waals surface area contributed by atoms with E-state index in [1.54, 1.807) is 18.2 Å². The molecule has 140 valence electrons. The molecule has 1 atom stereocenters. The van der Waals surface area contributed by atoms with Gasteiger partial charge in [-0.2, -0.15) is 0 Å². The Labute approximate surface area is 157 Å². The van der Waals surface area contributed by atoms with Crippen LogP contribution in [0.2, 0.25) is 0 Å². The highest BCUT2D eigenvalue weighted by Gasteiger charge is 2.17. The molecule has 0 bridgehead atoms. The number of hydrogen-bond donors (Lipinski definition) is 2. The van der Waals surface area contributed by atoms with E-state index in [9.17, 15) is 9.90 Å². The number of aliphatic hydroxyl groups is 1. The van der Waals surface area contributed by atoms with Crippen molar-refractivity contribution in [2.45, 2.75) is 12.7 Å². The van der Waals surface area contributed by atoms with Crippen molar-refractivity contribution in [3.8, 4) is 11.5 Å². The number of benzene rings is 2. The van der Waals surface area contributed by atoms with E-state index in [4.69, 9.17) is 13.9 Å². The van der Waals surface area contributed by atoms with Crippen molar-refractivity contribution >= 4 is 5.91 Å². The van der Waals surface area contributed by atoms with Crippen molar-refractivity contribution in [3.05, 3.63) is 84.3 Å². The van der Waals surface area contributed by atoms with Gasteiger partial charge in [-0.05, 0) is 30.3 Å². The highest BCUT2D eigenvalue weighted by Crippen LogP contribution is 2.16. The summed E-state index contributed by atoms with van der Waals surface area (Å²) >= 11 is 0. The van der Waals surface area contributed by atoms with Crippen molar-refractivity contribution in [2.75, 3.05) is 13.2 Å². The van der Waals surface area contributed by atoms with E-state index in [1.807, 2.05) is 48.5 Å². The second kappa shape index (κ2) is 9.45. The SMILES string of the molecule is O=C(NC[C@@H](O)COc1ccccc1)c1occc1COc1ccccc1. The summed E-state index contributed by atoms with van der Waals surface area (Å²) < 4.78 is 16.4. The Morgan fingerprint density at radius 1 is 0.963 bits per heavy atom. The van der Waals surface area contributed by atoms with Gasteiger partial charge in [0.1, 0.15) is 30.8 Å². The van der Waals surface area contributed by atoms with Crippen LogP contribution in [0, 0.1) is 0 Å². The number of rotatable bonds is 9. The molecule has 0 spiro atoms. The number of para-hydroxylation sites is 2. The molecule has 1 aromatic heterocycles. The molecule has 0 aliphatic rings. The lowest BCUT2D eigenvalue weighted by atomic mass is 10.2. The van der Waals surface area contributed by atoms with Gasteiger partial charge < -0.3 is 24.3 Å². The van der Waals surface area contributed by atoms with E-state index in [0.29, 0.717) is 17.1 Å². The fourth-order valence-electron chi connectivity index (χ4n) is 2.39. The van der Waals surface area contributed by atoms with E-state index >= 15 is 0 Å². The Balaban J connectivity index is 1.46. The van der Waals surface area contributed by atoms with Crippen LogP contribution in [-0.4, -0.2) is 30.3 Å². The third kappa shape index (κ3) is 5.62. The molecule has 2 aromatic carbocycles. The summed E-state index contributed by atoms with van der Waals surface area (Å²) in [6.07, 6.45) is 0.598. The van der Waals surface area contributed by atoms with Crippen molar-refractivity contribution in [2.24, 2.45) is 0 Å². The summed E-state index contributed by atoms with van der Waals surface area (Å²) in [7, 11) is 0. The molecule has 0 aliphatic carbocycles. The van der Waals surface area contributed by atoms with E-state index in [-0.39, 0.29) is 25.5 Å². The van der Waals surface area contributed by atoms with Gasteiger partial charge in [-0.25, -0.2) is 0 Å². The number of aliphatic hydroxyl groups excluding tert-OH is 1. The predicted molar refractivity (Wildman–Crippen MR) is 99.8 cm³/mol. The quantitative estimate of drug-likeness (QED) is 0.608. The molecule has 0 radical (unpaired) electrons. The van der Waals surface area contributed by atoms with Crippen LogP contribution in [-0.2, 0) is 6.61 Å². The van der Waals surface area contributed by atoms with Crippen LogP contribution < -0.4 is 14.8 Å². The normalized spacial score (nSPS) is 11.6. The van der Waals surface area contributed by atoms with Crippen LogP contribution in [0.5, 0.6) is 11.5 Å². The Morgan fingerprint density at radius 3 is 2.26 bits per heavy atom. The first-order valence-electron chi connectivity index (χ1n) is 8.60. The molecule has 3 rings (SSSR count). The zero-order valence-corrected chi connectivity index (χ0v) is 14.7. The van der Waals surface area contributed by atoms with Gasteiger partial charge in [0.2, 0.25) is 0 Å². The van der Waals surface area contributed by atoms with Crippen molar-refractivity contribution < 1.29 is 23.8 Å². The first-order valence-corrected chi connectivity index (χ1v) is 8.60. The van der Waals surface area contributed by atoms with E-state index in [2.05, 4.69) is 5.32 Å².